The molecular weight excluding hydrogens is 298 g/mol. The maximum absolute atomic E-state index is 4.80. The van der Waals surface area contributed by atoms with E-state index >= 15 is 0 Å². The number of nitrogens with zero attached hydrogens (tertiary/aromatic N) is 3. The van der Waals surface area contributed by atoms with E-state index in [1.54, 1.807) is 0 Å². The minimum absolute atomic E-state index is 0.802. The van der Waals surface area contributed by atoms with E-state index in [-0.39, 0.29) is 0 Å². The van der Waals surface area contributed by atoms with Gasteiger partial charge in [0, 0.05) is 43.7 Å². The summed E-state index contributed by atoms with van der Waals surface area (Å²) in [4.78, 5) is 10.0. The van der Waals surface area contributed by atoms with Gasteiger partial charge in [-0.2, -0.15) is 11.8 Å². The number of aromatic nitrogens is 1. The van der Waals surface area contributed by atoms with E-state index in [2.05, 4.69) is 45.8 Å². The Bertz CT molecular complexity index is 565. The van der Waals surface area contributed by atoms with Gasteiger partial charge in [0.25, 0.3) is 0 Å². The van der Waals surface area contributed by atoms with Crippen LogP contribution in [0.5, 0.6) is 0 Å². The highest BCUT2D eigenvalue weighted by Gasteiger charge is 2.26. The van der Waals surface area contributed by atoms with Gasteiger partial charge < -0.3 is 4.90 Å². The summed E-state index contributed by atoms with van der Waals surface area (Å²) >= 11 is 3.94. The summed E-state index contributed by atoms with van der Waals surface area (Å²) in [6.07, 6.45) is 2.58. The second kappa shape index (κ2) is 6.15. The van der Waals surface area contributed by atoms with Gasteiger partial charge in [0.15, 0.2) is 5.13 Å². The van der Waals surface area contributed by atoms with Crippen LogP contribution in [0.15, 0.2) is 24.3 Å². The molecule has 1 aromatic heterocycles. The zero-order chi connectivity index (χ0) is 14.1. The van der Waals surface area contributed by atoms with Crippen molar-refractivity contribution in [2.24, 2.45) is 0 Å². The summed E-state index contributed by atoms with van der Waals surface area (Å²) < 4.78 is 1.31. The molecular formula is C16H21N3S2. The smallest absolute Gasteiger partial charge is 0.186 e. The van der Waals surface area contributed by atoms with E-state index in [0.29, 0.717) is 0 Å². The lowest BCUT2D eigenvalue weighted by Gasteiger charge is -2.40. The number of anilines is 1. The summed E-state index contributed by atoms with van der Waals surface area (Å²) in [5, 5.41) is 1.21. The Labute approximate surface area is 134 Å². The van der Waals surface area contributed by atoms with Gasteiger partial charge in [0.05, 0.1) is 10.2 Å². The Morgan fingerprint density at radius 2 is 1.76 bits per heavy atom. The minimum Gasteiger partial charge on any atom is -0.348 e. The van der Waals surface area contributed by atoms with Crippen LogP contribution in [0, 0.1) is 0 Å². The maximum atomic E-state index is 4.80. The van der Waals surface area contributed by atoms with Crippen LogP contribution in [0.4, 0.5) is 5.13 Å². The SMILES string of the molecule is c1ccc2sc(N3CCC(N4CCSCC4)CC3)nc2c1. The van der Waals surface area contributed by atoms with Crippen LogP contribution < -0.4 is 4.90 Å². The van der Waals surface area contributed by atoms with Crippen molar-refractivity contribution >= 4 is 38.4 Å². The molecule has 2 aromatic rings. The highest BCUT2D eigenvalue weighted by atomic mass is 32.2. The van der Waals surface area contributed by atoms with E-state index < -0.39 is 0 Å². The third-order valence-corrected chi connectivity index (χ3v) is 6.62. The Balaban J connectivity index is 1.42. The highest BCUT2D eigenvalue weighted by Crippen LogP contribution is 2.31. The molecule has 0 bridgehead atoms. The quantitative estimate of drug-likeness (QED) is 0.845. The van der Waals surface area contributed by atoms with E-state index in [0.717, 1.165) is 24.6 Å². The molecule has 2 fully saturated rings. The first kappa shape index (κ1) is 13.9. The second-order valence-corrected chi connectivity index (χ2v) is 8.06. The first-order valence-corrected chi connectivity index (χ1v) is 9.79. The number of rotatable bonds is 2. The van der Waals surface area contributed by atoms with E-state index in [9.17, 15) is 0 Å². The third-order valence-electron chi connectivity index (χ3n) is 4.58. The Kier molecular flexibility index (Phi) is 4.05. The standard InChI is InChI=1S/C16H21N3S2/c1-2-4-15-14(3-1)17-16(21-15)19-7-5-13(6-8-19)18-9-11-20-12-10-18/h1-4,13H,5-12H2. The molecule has 0 atom stereocenters. The van der Waals surface area contributed by atoms with Crippen molar-refractivity contribution in [1.29, 1.82) is 0 Å². The minimum atomic E-state index is 0.802. The van der Waals surface area contributed by atoms with Crippen LogP contribution in [0.2, 0.25) is 0 Å². The molecule has 3 heterocycles. The molecule has 0 N–H and O–H groups in total. The van der Waals surface area contributed by atoms with Crippen molar-refractivity contribution in [3.63, 3.8) is 0 Å². The van der Waals surface area contributed by atoms with Gasteiger partial charge in [0.2, 0.25) is 0 Å². The molecule has 112 valence electrons. The fourth-order valence-electron chi connectivity index (χ4n) is 3.36. The van der Waals surface area contributed by atoms with Crippen molar-refractivity contribution in [2.45, 2.75) is 18.9 Å². The van der Waals surface area contributed by atoms with Crippen LogP contribution in [0.1, 0.15) is 12.8 Å². The van der Waals surface area contributed by atoms with Gasteiger partial charge in [-0.15, -0.1) is 0 Å². The molecule has 3 nitrogen and oxygen atoms in total. The number of thioether (sulfide) groups is 1. The molecule has 5 heteroatoms. The molecule has 0 radical (unpaired) electrons. The maximum Gasteiger partial charge on any atom is 0.186 e. The topological polar surface area (TPSA) is 19.4 Å². The van der Waals surface area contributed by atoms with Gasteiger partial charge in [-0.05, 0) is 25.0 Å². The Morgan fingerprint density at radius 3 is 2.52 bits per heavy atom. The molecule has 2 aliphatic heterocycles. The van der Waals surface area contributed by atoms with Gasteiger partial charge in [0.1, 0.15) is 0 Å². The number of fused-ring (bicyclic) bond motifs is 1. The van der Waals surface area contributed by atoms with E-state index in [1.165, 1.54) is 47.3 Å². The van der Waals surface area contributed by atoms with Gasteiger partial charge in [-0.1, -0.05) is 23.5 Å². The number of hydrogen-bond acceptors (Lipinski definition) is 5. The predicted octanol–water partition coefficient (Wildman–Crippen LogP) is 3.31. The fourth-order valence-corrected chi connectivity index (χ4v) is 5.31. The van der Waals surface area contributed by atoms with Crippen molar-refractivity contribution in [2.75, 3.05) is 42.6 Å². The molecule has 21 heavy (non-hydrogen) atoms. The molecule has 2 aliphatic rings. The molecule has 1 aromatic carbocycles. The molecule has 2 saturated heterocycles. The van der Waals surface area contributed by atoms with Crippen LogP contribution >= 0.6 is 23.1 Å². The highest BCUT2D eigenvalue weighted by molar-refractivity contribution is 7.99. The summed E-state index contributed by atoms with van der Waals surface area (Å²) in [5.74, 6) is 2.64. The predicted molar refractivity (Wildman–Crippen MR) is 93.8 cm³/mol. The van der Waals surface area contributed by atoms with Crippen LogP contribution in [0.3, 0.4) is 0 Å². The van der Waals surface area contributed by atoms with Crippen molar-refractivity contribution in [3.8, 4) is 0 Å². The van der Waals surface area contributed by atoms with Gasteiger partial charge in [-0.25, -0.2) is 4.98 Å². The van der Waals surface area contributed by atoms with E-state index in [4.69, 9.17) is 4.98 Å². The fraction of sp³-hybridized carbons (Fsp3) is 0.562. The largest absolute Gasteiger partial charge is 0.348 e. The lowest BCUT2D eigenvalue weighted by Crippen LogP contribution is -2.47. The number of benzene rings is 1. The first-order chi connectivity index (χ1) is 10.4. The van der Waals surface area contributed by atoms with E-state index in [1.807, 2.05) is 11.3 Å². The summed E-state index contributed by atoms with van der Waals surface area (Å²) in [5.41, 5.74) is 1.15. The number of thiazole rings is 1. The second-order valence-electron chi connectivity index (χ2n) is 5.83. The lowest BCUT2D eigenvalue weighted by molar-refractivity contribution is 0.186. The first-order valence-electron chi connectivity index (χ1n) is 7.82. The number of para-hydroxylation sites is 1. The van der Waals surface area contributed by atoms with Crippen molar-refractivity contribution < 1.29 is 0 Å². The summed E-state index contributed by atoms with van der Waals surface area (Å²) in [6, 6.07) is 9.27. The molecule has 0 amide bonds. The molecule has 0 unspecified atom stereocenters. The summed E-state index contributed by atoms with van der Waals surface area (Å²) in [6.45, 7) is 4.90. The third kappa shape index (κ3) is 2.91. The molecule has 0 saturated carbocycles. The summed E-state index contributed by atoms with van der Waals surface area (Å²) in [7, 11) is 0. The van der Waals surface area contributed by atoms with Crippen LogP contribution in [-0.2, 0) is 0 Å². The number of piperidine rings is 1. The van der Waals surface area contributed by atoms with Crippen LogP contribution in [0.25, 0.3) is 10.2 Å². The molecule has 4 rings (SSSR count). The van der Waals surface area contributed by atoms with Gasteiger partial charge >= 0.3 is 0 Å². The molecule has 0 aliphatic carbocycles. The normalized spacial score (nSPS) is 22.0. The number of hydrogen-bond donors (Lipinski definition) is 0. The Hall–Kier alpha value is -0.780. The van der Waals surface area contributed by atoms with Crippen LogP contribution in [-0.4, -0.2) is 53.6 Å². The zero-order valence-corrected chi connectivity index (χ0v) is 13.8. The molecule has 0 spiro atoms. The zero-order valence-electron chi connectivity index (χ0n) is 12.2. The Morgan fingerprint density at radius 1 is 1.00 bits per heavy atom. The van der Waals surface area contributed by atoms with Gasteiger partial charge in [-0.3, -0.25) is 4.90 Å². The van der Waals surface area contributed by atoms with Crippen molar-refractivity contribution in [3.05, 3.63) is 24.3 Å². The average Bonchev–Trinajstić information content (AvgIpc) is 3.00. The average molecular weight is 319 g/mol. The monoisotopic (exact) mass is 319 g/mol. The lowest BCUT2D eigenvalue weighted by atomic mass is 10.0. The van der Waals surface area contributed by atoms with Crippen molar-refractivity contribution in [1.82, 2.24) is 9.88 Å².